The Morgan fingerprint density at radius 2 is 2.10 bits per heavy atom. The Hall–Kier alpha value is -1.86. The summed E-state index contributed by atoms with van der Waals surface area (Å²) in [4.78, 5) is 0. The zero-order valence-corrected chi connectivity index (χ0v) is 12.1. The van der Waals surface area contributed by atoms with E-state index in [-0.39, 0.29) is 24.7 Å². The van der Waals surface area contributed by atoms with E-state index in [4.69, 9.17) is 4.74 Å². The maximum absolute atomic E-state index is 12.6. The summed E-state index contributed by atoms with van der Waals surface area (Å²) in [5, 5.41) is 16.1. The van der Waals surface area contributed by atoms with Crippen LogP contribution in [0.5, 0.6) is 11.5 Å². The molecule has 1 aromatic heterocycles. The zero-order valence-electron chi connectivity index (χ0n) is 11.3. The van der Waals surface area contributed by atoms with Crippen LogP contribution in [0.3, 0.4) is 0 Å². The average molecular weight is 320 g/mol. The van der Waals surface area contributed by atoms with Gasteiger partial charge in [0.05, 0.1) is 12.8 Å². The second-order valence-electron chi connectivity index (χ2n) is 4.15. The SMILES string of the molecule is COc1cc(CNCc2ccnn2C(F)F)ccc1O.Cl. The monoisotopic (exact) mass is 319 g/mol. The number of hydrogen-bond donors (Lipinski definition) is 2. The molecule has 0 amide bonds. The Morgan fingerprint density at radius 1 is 1.33 bits per heavy atom. The highest BCUT2D eigenvalue weighted by Crippen LogP contribution is 2.26. The molecule has 0 aliphatic carbocycles. The van der Waals surface area contributed by atoms with Gasteiger partial charge in [0.15, 0.2) is 11.5 Å². The van der Waals surface area contributed by atoms with Crippen LogP contribution < -0.4 is 10.1 Å². The fourth-order valence-electron chi connectivity index (χ4n) is 1.82. The number of methoxy groups -OCH3 is 1. The molecule has 2 N–H and O–H groups in total. The van der Waals surface area contributed by atoms with Crippen LogP contribution in [0.2, 0.25) is 0 Å². The van der Waals surface area contributed by atoms with E-state index >= 15 is 0 Å². The Labute approximate surface area is 126 Å². The highest BCUT2D eigenvalue weighted by atomic mass is 35.5. The largest absolute Gasteiger partial charge is 0.504 e. The molecule has 0 bridgehead atoms. The van der Waals surface area contributed by atoms with Crippen molar-refractivity contribution in [3.05, 3.63) is 41.7 Å². The molecule has 0 fully saturated rings. The molecule has 8 heteroatoms. The van der Waals surface area contributed by atoms with Crippen molar-refractivity contribution in [1.29, 1.82) is 0 Å². The molecule has 1 aromatic carbocycles. The number of ether oxygens (including phenoxy) is 1. The zero-order chi connectivity index (χ0) is 14.5. The van der Waals surface area contributed by atoms with Gasteiger partial charge in [-0.1, -0.05) is 6.07 Å². The minimum atomic E-state index is -2.64. The second-order valence-corrected chi connectivity index (χ2v) is 4.15. The summed E-state index contributed by atoms with van der Waals surface area (Å²) in [7, 11) is 1.47. The van der Waals surface area contributed by atoms with E-state index in [1.54, 1.807) is 12.1 Å². The fraction of sp³-hybridized carbons (Fsp3) is 0.308. The van der Waals surface area contributed by atoms with Crippen molar-refractivity contribution in [2.75, 3.05) is 7.11 Å². The van der Waals surface area contributed by atoms with Crippen molar-refractivity contribution in [3.63, 3.8) is 0 Å². The van der Waals surface area contributed by atoms with E-state index in [9.17, 15) is 13.9 Å². The van der Waals surface area contributed by atoms with Crippen LogP contribution in [-0.2, 0) is 13.1 Å². The van der Waals surface area contributed by atoms with Gasteiger partial charge in [-0.05, 0) is 23.8 Å². The number of halogens is 3. The summed E-state index contributed by atoms with van der Waals surface area (Å²) >= 11 is 0. The minimum Gasteiger partial charge on any atom is -0.504 e. The molecule has 2 aromatic rings. The van der Waals surface area contributed by atoms with Gasteiger partial charge in [0.2, 0.25) is 0 Å². The quantitative estimate of drug-likeness (QED) is 0.859. The maximum Gasteiger partial charge on any atom is 0.333 e. The maximum atomic E-state index is 12.6. The minimum absolute atomic E-state index is 0. The molecule has 2 rings (SSSR count). The van der Waals surface area contributed by atoms with Crippen molar-refractivity contribution >= 4 is 12.4 Å². The topological polar surface area (TPSA) is 59.3 Å². The molecule has 0 radical (unpaired) electrons. The van der Waals surface area contributed by atoms with Crippen LogP contribution in [0.25, 0.3) is 0 Å². The fourth-order valence-corrected chi connectivity index (χ4v) is 1.82. The average Bonchev–Trinajstić information content (AvgIpc) is 2.89. The van der Waals surface area contributed by atoms with Crippen LogP contribution in [0.1, 0.15) is 17.8 Å². The summed E-state index contributed by atoms with van der Waals surface area (Å²) in [5.74, 6) is 0.439. The summed E-state index contributed by atoms with van der Waals surface area (Å²) < 4.78 is 30.8. The van der Waals surface area contributed by atoms with Gasteiger partial charge >= 0.3 is 6.55 Å². The lowest BCUT2D eigenvalue weighted by Crippen LogP contribution is -2.16. The number of aromatic hydroxyl groups is 1. The summed E-state index contributed by atoms with van der Waals surface area (Å²) in [6.07, 6.45) is 1.34. The lowest BCUT2D eigenvalue weighted by atomic mass is 10.2. The number of alkyl halides is 2. The van der Waals surface area contributed by atoms with Gasteiger partial charge in [0.1, 0.15) is 0 Å². The molecular weight excluding hydrogens is 304 g/mol. The molecule has 116 valence electrons. The normalized spacial score (nSPS) is 10.5. The van der Waals surface area contributed by atoms with Crippen molar-refractivity contribution in [1.82, 2.24) is 15.1 Å². The standard InChI is InChI=1S/C13H15F2N3O2.ClH/c1-20-12-6-9(2-3-11(12)19)7-16-8-10-4-5-17-18(10)13(14)15;/h2-6,13,16,19H,7-8H2,1H3;1H. The van der Waals surface area contributed by atoms with Crippen molar-refractivity contribution in [2.45, 2.75) is 19.6 Å². The smallest absolute Gasteiger partial charge is 0.333 e. The van der Waals surface area contributed by atoms with E-state index in [0.717, 1.165) is 5.56 Å². The Balaban J connectivity index is 0.00000220. The number of nitrogens with zero attached hydrogens (tertiary/aromatic N) is 2. The molecule has 21 heavy (non-hydrogen) atoms. The van der Waals surface area contributed by atoms with Crippen LogP contribution >= 0.6 is 12.4 Å². The molecule has 0 saturated heterocycles. The lowest BCUT2D eigenvalue weighted by molar-refractivity contribution is 0.0531. The van der Waals surface area contributed by atoms with Crippen LogP contribution in [0.4, 0.5) is 8.78 Å². The molecule has 5 nitrogen and oxygen atoms in total. The highest BCUT2D eigenvalue weighted by Gasteiger charge is 2.11. The predicted octanol–water partition coefficient (Wildman–Crippen LogP) is 2.70. The number of benzene rings is 1. The summed E-state index contributed by atoms with van der Waals surface area (Å²) in [6.45, 7) is -1.91. The number of hydrogen-bond acceptors (Lipinski definition) is 4. The Kier molecular flexibility index (Phi) is 6.39. The molecule has 1 heterocycles. The summed E-state index contributed by atoms with van der Waals surface area (Å²) in [6, 6.07) is 6.48. The molecule has 0 atom stereocenters. The first-order valence-electron chi connectivity index (χ1n) is 5.99. The molecule has 0 unspecified atom stereocenters. The van der Waals surface area contributed by atoms with Crippen LogP contribution in [-0.4, -0.2) is 22.0 Å². The van der Waals surface area contributed by atoms with Crippen LogP contribution in [0, 0.1) is 0 Å². The third-order valence-electron chi connectivity index (χ3n) is 2.82. The van der Waals surface area contributed by atoms with E-state index in [1.807, 2.05) is 0 Å². The third kappa shape index (κ3) is 4.30. The van der Waals surface area contributed by atoms with Gasteiger partial charge < -0.3 is 15.2 Å². The first-order chi connectivity index (χ1) is 9.61. The summed E-state index contributed by atoms with van der Waals surface area (Å²) in [5.41, 5.74) is 1.29. The molecule has 0 aliphatic heterocycles. The number of nitrogens with one attached hydrogen (secondary N) is 1. The van der Waals surface area contributed by atoms with E-state index in [0.29, 0.717) is 22.7 Å². The number of aromatic nitrogens is 2. The van der Waals surface area contributed by atoms with Crippen molar-refractivity contribution < 1.29 is 18.6 Å². The lowest BCUT2D eigenvalue weighted by Gasteiger charge is -2.09. The highest BCUT2D eigenvalue weighted by molar-refractivity contribution is 5.85. The van der Waals surface area contributed by atoms with E-state index < -0.39 is 6.55 Å². The number of phenols is 1. The van der Waals surface area contributed by atoms with Gasteiger partial charge in [-0.2, -0.15) is 13.9 Å². The first-order valence-corrected chi connectivity index (χ1v) is 5.99. The van der Waals surface area contributed by atoms with Crippen LogP contribution in [0.15, 0.2) is 30.5 Å². The number of phenolic OH excluding ortho intramolecular Hbond substituents is 1. The third-order valence-corrected chi connectivity index (χ3v) is 2.82. The van der Waals surface area contributed by atoms with Crippen molar-refractivity contribution in [3.8, 4) is 11.5 Å². The van der Waals surface area contributed by atoms with Gasteiger partial charge in [-0.15, -0.1) is 12.4 Å². The van der Waals surface area contributed by atoms with Gasteiger partial charge in [0.25, 0.3) is 0 Å². The first kappa shape index (κ1) is 17.2. The van der Waals surface area contributed by atoms with E-state index in [2.05, 4.69) is 10.4 Å². The van der Waals surface area contributed by atoms with Crippen molar-refractivity contribution in [2.24, 2.45) is 0 Å². The van der Waals surface area contributed by atoms with Gasteiger partial charge in [0, 0.05) is 19.3 Å². The van der Waals surface area contributed by atoms with Gasteiger partial charge in [-0.25, -0.2) is 4.68 Å². The Morgan fingerprint density at radius 3 is 2.76 bits per heavy atom. The van der Waals surface area contributed by atoms with E-state index in [1.165, 1.54) is 25.4 Å². The Bertz CT molecular complexity index is 578. The van der Waals surface area contributed by atoms with Gasteiger partial charge in [-0.3, -0.25) is 0 Å². The molecule has 0 aliphatic rings. The molecule has 0 saturated carbocycles. The molecule has 0 spiro atoms. The molecular formula is C13H16ClF2N3O2. The second kappa shape index (κ2) is 7.80. The number of rotatable bonds is 6. The predicted molar refractivity (Wildman–Crippen MR) is 75.9 cm³/mol.